The monoisotopic (exact) mass is 582 g/mol. The van der Waals surface area contributed by atoms with Crippen molar-refractivity contribution >= 4 is 31.9 Å². The molecule has 1 rings (SSSR count). The molecule has 0 spiro atoms. The molecule has 5 heteroatoms. The predicted molar refractivity (Wildman–Crippen MR) is 149 cm³/mol. The van der Waals surface area contributed by atoms with Gasteiger partial charge in [0, 0.05) is 10.7 Å². The summed E-state index contributed by atoms with van der Waals surface area (Å²) in [5.41, 5.74) is -0.453. The van der Waals surface area contributed by atoms with Gasteiger partial charge in [0.05, 0.1) is 45.9 Å². The van der Waals surface area contributed by atoms with E-state index in [1.54, 1.807) is 0 Å². The summed E-state index contributed by atoms with van der Waals surface area (Å²) in [5, 5.41) is 13.0. The Bertz CT molecular complexity index is 425. The maximum Gasteiger partial charge on any atom is 0.207 e. The molecule has 0 aromatic carbocycles. The molecule has 1 aliphatic rings. The van der Waals surface area contributed by atoms with Gasteiger partial charge in [-0.1, -0.05) is 57.5 Å². The third-order valence-electron chi connectivity index (χ3n) is 7.67. The first-order valence-electron chi connectivity index (χ1n) is 13.8. The lowest BCUT2D eigenvalue weighted by molar-refractivity contribution is -1.09. The van der Waals surface area contributed by atoms with Crippen molar-refractivity contribution < 1.29 is 14.1 Å². The SMILES string of the molecule is CC1(O)CCCCC[N+](C)(CCCCCCBr)C[N+](C)(CCCCCCBr)CCCCC1. The van der Waals surface area contributed by atoms with Gasteiger partial charge in [-0.25, -0.2) is 0 Å². The van der Waals surface area contributed by atoms with E-state index in [2.05, 4.69) is 52.9 Å². The molecule has 0 aromatic heterocycles. The fraction of sp³-hybridized carbons (Fsp3) is 1.00. The Hall–Kier alpha value is 0.840. The van der Waals surface area contributed by atoms with E-state index >= 15 is 0 Å². The summed E-state index contributed by atoms with van der Waals surface area (Å²) in [6.07, 6.45) is 20.3. The van der Waals surface area contributed by atoms with E-state index in [1.165, 1.54) is 132 Å². The first kappa shape index (κ1) is 30.9. The van der Waals surface area contributed by atoms with Crippen molar-refractivity contribution in [2.24, 2.45) is 0 Å². The Morgan fingerprint density at radius 1 is 0.625 bits per heavy atom. The van der Waals surface area contributed by atoms with Crippen LogP contribution in [0.4, 0.5) is 0 Å². The van der Waals surface area contributed by atoms with Crippen LogP contribution in [-0.2, 0) is 0 Å². The zero-order valence-electron chi connectivity index (χ0n) is 21.9. The summed E-state index contributed by atoms with van der Waals surface area (Å²) in [5.74, 6) is 0. The number of hydrogen-bond donors (Lipinski definition) is 1. The van der Waals surface area contributed by atoms with Gasteiger partial charge in [0.25, 0.3) is 0 Å². The molecule has 0 bridgehead atoms. The molecule has 2 atom stereocenters. The first-order valence-corrected chi connectivity index (χ1v) is 16.0. The van der Waals surface area contributed by atoms with E-state index in [0.29, 0.717) is 0 Å². The van der Waals surface area contributed by atoms with E-state index in [9.17, 15) is 5.11 Å². The van der Waals surface area contributed by atoms with Crippen molar-refractivity contribution in [3.05, 3.63) is 0 Å². The van der Waals surface area contributed by atoms with Crippen LogP contribution in [-0.4, -0.2) is 77.3 Å². The number of rotatable bonds is 12. The van der Waals surface area contributed by atoms with E-state index < -0.39 is 5.60 Å². The van der Waals surface area contributed by atoms with Crippen LogP contribution in [0.1, 0.15) is 110 Å². The third-order valence-corrected chi connectivity index (χ3v) is 8.79. The molecule has 0 saturated carbocycles. The maximum absolute atomic E-state index is 10.7. The van der Waals surface area contributed by atoms with Crippen LogP contribution in [0.3, 0.4) is 0 Å². The van der Waals surface area contributed by atoms with Gasteiger partial charge in [-0.05, 0) is 84.0 Å². The molecule has 1 N–H and O–H groups in total. The molecule has 1 saturated heterocycles. The predicted octanol–water partition coefficient (Wildman–Crippen LogP) is 7.63. The maximum atomic E-state index is 10.7. The van der Waals surface area contributed by atoms with E-state index in [0.717, 1.165) is 23.5 Å². The van der Waals surface area contributed by atoms with E-state index in [-0.39, 0.29) is 0 Å². The van der Waals surface area contributed by atoms with Gasteiger partial charge < -0.3 is 5.11 Å². The number of quaternary nitrogens is 2. The first-order chi connectivity index (χ1) is 15.2. The number of halogens is 2. The van der Waals surface area contributed by atoms with Crippen LogP contribution in [0.2, 0.25) is 0 Å². The molecule has 0 aliphatic carbocycles. The lowest BCUT2D eigenvalue weighted by Crippen LogP contribution is -2.60. The highest BCUT2D eigenvalue weighted by atomic mass is 79.9. The lowest BCUT2D eigenvalue weighted by atomic mass is 9.92. The average molecular weight is 585 g/mol. The second-order valence-corrected chi connectivity index (χ2v) is 13.2. The quantitative estimate of drug-likeness (QED) is 0.142. The Kier molecular flexibility index (Phi) is 16.7. The Labute approximate surface area is 218 Å². The van der Waals surface area contributed by atoms with Crippen LogP contribution in [0.15, 0.2) is 0 Å². The number of unbranched alkanes of at least 4 members (excludes halogenated alkanes) is 6. The van der Waals surface area contributed by atoms with Gasteiger partial charge >= 0.3 is 0 Å². The third kappa shape index (κ3) is 15.0. The van der Waals surface area contributed by atoms with Crippen molar-refractivity contribution in [3.8, 4) is 0 Å². The molecule has 32 heavy (non-hydrogen) atoms. The molecule has 192 valence electrons. The largest absolute Gasteiger partial charge is 0.390 e. The van der Waals surface area contributed by atoms with Crippen molar-refractivity contribution in [2.75, 3.05) is 57.6 Å². The molecular formula is C27H56Br2N2O+2. The Morgan fingerprint density at radius 2 is 1.03 bits per heavy atom. The number of alkyl halides is 2. The number of nitrogens with zero attached hydrogens (tertiary/aromatic N) is 2. The Morgan fingerprint density at radius 3 is 1.44 bits per heavy atom. The normalized spacial score (nSPS) is 31.3. The summed E-state index contributed by atoms with van der Waals surface area (Å²) < 4.78 is 2.48. The van der Waals surface area contributed by atoms with Crippen molar-refractivity contribution in [1.29, 1.82) is 0 Å². The molecule has 3 nitrogen and oxygen atoms in total. The lowest BCUT2D eigenvalue weighted by Gasteiger charge is -2.44. The second kappa shape index (κ2) is 17.3. The van der Waals surface area contributed by atoms with Crippen LogP contribution in [0.25, 0.3) is 0 Å². The van der Waals surface area contributed by atoms with Crippen LogP contribution in [0, 0.1) is 0 Å². The highest BCUT2D eigenvalue weighted by Crippen LogP contribution is 2.25. The summed E-state index contributed by atoms with van der Waals surface area (Å²) in [6, 6.07) is 0. The van der Waals surface area contributed by atoms with Crippen molar-refractivity contribution in [3.63, 3.8) is 0 Å². The average Bonchev–Trinajstić information content (AvgIpc) is 2.72. The van der Waals surface area contributed by atoms with Crippen molar-refractivity contribution in [2.45, 2.75) is 115 Å². The van der Waals surface area contributed by atoms with Crippen LogP contribution < -0.4 is 0 Å². The smallest absolute Gasteiger partial charge is 0.207 e. The molecule has 0 aromatic rings. The highest BCUT2D eigenvalue weighted by Gasteiger charge is 2.33. The van der Waals surface area contributed by atoms with Crippen molar-refractivity contribution in [1.82, 2.24) is 0 Å². The number of hydrogen-bond acceptors (Lipinski definition) is 1. The summed E-state index contributed by atoms with van der Waals surface area (Å²) >= 11 is 7.17. The van der Waals surface area contributed by atoms with Gasteiger partial charge in [-0.3, -0.25) is 8.97 Å². The second-order valence-electron chi connectivity index (χ2n) is 11.6. The molecule has 2 unspecified atom stereocenters. The fourth-order valence-corrected chi connectivity index (χ4v) is 6.48. The molecule has 1 aliphatic heterocycles. The molecule has 0 radical (unpaired) electrons. The molecule has 0 amide bonds. The highest BCUT2D eigenvalue weighted by molar-refractivity contribution is 9.09. The van der Waals surface area contributed by atoms with Crippen LogP contribution >= 0.6 is 31.9 Å². The standard InChI is InChI=1S/C27H56Br2N2O/c1-27(32)18-10-8-16-24-30(2,22-14-6-4-12-20-28)26-31(3,25-17-9-11-19-27)23-15-7-5-13-21-29/h32H,4-26H2,1-3H3/q+2. The van der Waals surface area contributed by atoms with Gasteiger partial charge in [0.1, 0.15) is 0 Å². The minimum absolute atomic E-state index is 0.453. The zero-order chi connectivity index (χ0) is 23.8. The summed E-state index contributed by atoms with van der Waals surface area (Å²) in [7, 11) is 5.10. The minimum Gasteiger partial charge on any atom is -0.390 e. The van der Waals surface area contributed by atoms with Gasteiger partial charge in [-0.2, -0.15) is 0 Å². The van der Waals surface area contributed by atoms with Crippen LogP contribution in [0.5, 0.6) is 0 Å². The van der Waals surface area contributed by atoms with E-state index in [4.69, 9.17) is 0 Å². The zero-order valence-corrected chi connectivity index (χ0v) is 25.0. The number of aliphatic hydroxyl groups is 1. The van der Waals surface area contributed by atoms with E-state index in [1.807, 2.05) is 0 Å². The fourth-order valence-electron chi connectivity index (χ4n) is 5.69. The summed E-state index contributed by atoms with van der Waals surface area (Å²) in [4.78, 5) is 0. The molecule has 1 heterocycles. The van der Waals surface area contributed by atoms with Gasteiger partial charge in [0.2, 0.25) is 6.67 Å². The van der Waals surface area contributed by atoms with Gasteiger partial charge in [0.15, 0.2) is 0 Å². The molecular weight excluding hydrogens is 528 g/mol. The molecule has 1 fully saturated rings. The van der Waals surface area contributed by atoms with Gasteiger partial charge in [-0.15, -0.1) is 0 Å². The Balaban J connectivity index is 2.80. The summed E-state index contributed by atoms with van der Waals surface area (Å²) in [6.45, 7) is 8.64. The minimum atomic E-state index is -0.453. The topological polar surface area (TPSA) is 20.2 Å².